The second-order valence-electron chi connectivity index (χ2n) is 6.31. The number of pyridine rings is 1. The van der Waals surface area contributed by atoms with Crippen molar-refractivity contribution in [3.8, 4) is 0 Å². The minimum absolute atomic E-state index is 0.00974. The zero-order valence-corrected chi connectivity index (χ0v) is 14.2. The molecule has 4 rings (SSSR count). The maximum Gasteiger partial charge on any atom is 0.256 e. The first kappa shape index (κ1) is 16.1. The summed E-state index contributed by atoms with van der Waals surface area (Å²) in [5.41, 5.74) is 3.18. The molecular weight excluding hydrogens is 330 g/mol. The number of aromatic nitrogens is 1. The molecule has 1 aliphatic heterocycles. The first-order valence-corrected chi connectivity index (χ1v) is 8.37. The Morgan fingerprint density at radius 2 is 1.92 bits per heavy atom. The summed E-state index contributed by atoms with van der Waals surface area (Å²) in [6.45, 7) is 2.20. The Balaban J connectivity index is 1.66. The van der Waals surface area contributed by atoms with Crippen molar-refractivity contribution in [3.63, 3.8) is 0 Å². The summed E-state index contributed by atoms with van der Waals surface area (Å²) >= 11 is 0. The van der Waals surface area contributed by atoms with E-state index in [4.69, 9.17) is 0 Å². The average Bonchev–Trinajstić information content (AvgIpc) is 3.04. The van der Waals surface area contributed by atoms with E-state index in [0.29, 0.717) is 28.7 Å². The van der Waals surface area contributed by atoms with Gasteiger partial charge < -0.3 is 15.2 Å². The van der Waals surface area contributed by atoms with Gasteiger partial charge in [-0.2, -0.15) is 0 Å². The molecule has 2 heterocycles. The molecule has 6 nitrogen and oxygen atoms in total. The molecule has 2 N–H and O–H groups in total. The number of benzene rings is 2. The highest BCUT2D eigenvalue weighted by Crippen LogP contribution is 2.30. The standard InChI is InChI=1S/C20H17N3O3/c1-12(24)23-9-8-13-10-14(6-7-18(13)23)21-20(26)16-11-19(25)22-17-5-3-2-4-15(16)17/h2-7,10-11H,8-9H2,1H3,(H,21,26)(H,22,25). The lowest BCUT2D eigenvalue weighted by Gasteiger charge is -2.15. The van der Waals surface area contributed by atoms with E-state index in [1.165, 1.54) is 6.07 Å². The van der Waals surface area contributed by atoms with E-state index in [2.05, 4.69) is 10.3 Å². The van der Waals surface area contributed by atoms with E-state index < -0.39 is 0 Å². The Labute approximate surface area is 149 Å². The zero-order chi connectivity index (χ0) is 18.3. The van der Waals surface area contributed by atoms with Gasteiger partial charge in [-0.15, -0.1) is 0 Å². The van der Waals surface area contributed by atoms with Gasteiger partial charge in [-0.05, 0) is 36.2 Å². The predicted octanol–water partition coefficient (Wildman–Crippen LogP) is 2.69. The number of nitrogens with zero attached hydrogens (tertiary/aromatic N) is 1. The molecule has 3 aromatic rings. The first-order chi connectivity index (χ1) is 12.5. The summed E-state index contributed by atoms with van der Waals surface area (Å²) in [4.78, 5) is 40.7. The number of fused-ring (bicyclic) bond motifs is 2. The Morgan fingerprint density at radius 1 is 1.12 bits per heavy atom. The zero-order valence-electron chi connectivity index (χ0n) is 14.2. The molecule has 0 spiro atoms. The minimum atomic E-state index is -0.339. The number of nitrogens with one attached hydrogen (secondary N) is 2. The van der Waals surface area contributed by atoms with E-state index in [1.807, 2.05) is 18.2 Å². The summed E-state index contributed by atoms with van der Waals surface area (Å²) in [6.07, 6.45) is 0.757. The van der Waals surface area contributed by atoms with Crippen LogP contribution >= 0.6 is 0 Å². The number of para-hydroxylation sites is 1. The van der Waals surface area contributed by atoms with E-state index in [1.54, 1.807) is 36.1 Å². The molecule has 2 aromatic carbocycles. The maximum absolute atomic E-state index is 12.7. The van der Waals surface area contributed by atoms with E-state index in [-0.39, 0.29) is 17.4 Å². The van der Waals surface area contributed by atoms with Crippen LogP contribution in [0, 0.1) is 0 Å². The molecule has 1 aliphatic rings. The molecule has 2 amide bonds. The van der Waals surface area contributed by atoms with Crippen LogP contribution in [-0.4, -0.2) is 23.3 Å². The number of H-pyrrole nitrogens is 1. The topological polar surface area (TPSA) is 82.3 Å². The van der Waals surface area contributed by atoms with Gasteiger partial charge in [0.15, 0.2) is 0 Å². The lowest BCUT2D eigenvalue weighted by Crippen LogP contribution is -2.25. The van der Waals surface area contributed by atoms with Crippen molar-refractivity contribution < 1.29 is 9.59 Å². The average molecular weight is 347 g/mol. The molecule has 0 bridgehead atoms. The monoisotopic (exact) mass is 347 g/mol. The third-order valence-corrected chi connectivity index (χ3v) is 4.61. The molecule has 0 aliphatic carbocycles. The smallest absolute Gasteiger partial charge is 0.256 e. The predicted molar refractivity (Wildman–Crippen MR) is 101 cm³/mol. The highest BCUT2D eigenvalue weighted by atomic mass is 16.2. The van der Waals surface area contributed by atoms with Gasteiger partial charge in [0, 0.05) is 41.8 Å². The van der Waals surface area contributed by atoms with Gasteiger partial charge in [0.05, 0.1) is 5.56 Å². The van der Waals surface area contributed by atoms with Crippen molar-refractivity contribution in [2.24, 2.45) is 0 Å². The summed E-state index contributed by atoms with van der Waals surface area (Å²) in [5.74, 6) is -0.329. The number of hydrogen-bond donors (Lipinski definition) is 2. The second-order valence-corrected chi connectivity index (χ2v) is 6.31. The Hall–Kier alpha value is -3.41. The van der Waals surface area contributed by atoms with E-state index in [9.17, 15) is 14.4 Å². The van der Waals surface area contributed by atoms with Gasteiger partial charge in [-0.1, -0.05) is 18.2 Å². The first-order valence-electron chi connectivity index (χ1n) is 8.37. The molecule has 0 saturated heterocycles. The molecule has 6 heteroatoms. The van der Waals surface area contributed by atoms with Crippen LogP contribution in [0.5, 0.6) is 0 Å². The third-order valence-electron chi connectivity index (χ3n) is 4.61. The van der Waals surface area contributed by atoms with Gasteiger partial charge >= 0.3 is 0 Å². The van der Waals surface area contributed by atoms with Crippen molar-refractivity contribution in [2.45, 2.75) is 13.3 Å². The lowest BCUT2D eigenvalue weighted by molar-refractivity contribution is -0.116. The van der Waals surface area contributed by atoms with Gasteiger partial charge in [0.25, 0.3) is 5.91 Å². The van der Waals surface area contributed by atoms with Gasteiger partial charge in [-0.25, -0.2) is 0 Å². The van der Waals surface area contributed by atoms with Crippen molar-refractivity contribution in [1.29, 1.82) is 0 Å². The Bertz CT molecular complexity index is 1100. The molecule has 0 unspecified atom stereocenters. The Morgan fingerprint density at radius 3 is 2.73 bits per heavy atom. The fourth-order valence-electron chi connectivity index (χ4n) is 3.40. The minimum Gasteiger partial charge on any atom is -0.322 e. The number of hydrogen-bond acceptors (Lipinski definition) is 3. The number of amides is 2. The normalized spacial score (nSPS) is 12.9. The highest BCUT2D eigenvalue weighted by Gasteiger charge is 2.22. The number of anilines is 2. The van der Waals surface area contributed by atoms with E-state index >= 15 is 0 Å². The van der Waals surface area contributed by atoms with Crippen molar-refractivity contribution in [2.75, 3.05) is 16.8 Å². The number of rotatable bonds is 2. The van der Waals surface area contributed by atoms with Crippen LogP contribution in [0.3, 0.4) is 0 Å². The van der Waals surface area contributed by atoms with Gasteiger partial charge in [0.2, 0.25) is 11.5 Å². The van der Waals surface area contributed by atoms with Crippen molar-refractivity contribution in [3.05, 3.63) is 70.0 Å². The van der Waals surface area contributed by atoms with Crippen LogP contribution in [0.2, 0.25) is 0 Å². The summed E-state index contributed by atoms with van der Waals surface area (Å²) < 4.78 is 0. The van der Waals surface area contributed by atoms with Crippen molar-refractivity contribution in [1.82, 2.24) is 4.98 Å². The molecule has 0 saturated carbocycles. The molecule has 0 radical (unpaired) electrons. The lowest BCUT2D eigenvalue weighted by atomic mass is 10.1. The largest absolute Gasteiger partial charge is 0.322 e. The summed E-state index contributed by atoms with van der Waals surface area (Å²) in [6, 6.07) is 14.0. The molecule has 130 valence electrons. The summed E-state index contributed by atoms with van der Waals surface area (Å²) in [5, 5.41) is 3.54. The van der Waals surface area contributed by atoms with Gasteiger partial charge in [0.1, 0.15) is 0 Å². The fourth-order valence-corrected chi connectivity index (χ4v) is 3.40. The third kappa shape index (κ3) is 2.75. The molecule has 1 aromatic heterocycles. The second kappa shape index (κ2) is 6.15. The van der Waals surface area contributed by atoms with Crippen molar-refractivity contribution >= 4 is 34.1 Å². The van der Waals surface area contributed by atoms with Crippen LogP contribution in [0.25, 0.3) is 10.9 Å². The number of carbonyl (C=O) groups excluding carboxylic acids is 2. The van der Waals surface area contributed by atoms with E-state index in [0.717, 1.165) is 17.7 Å². The van der Waals surface area contributed by atoms with Crippen LogP contribution in [0.15, 0.2) is 53.3 Å². The molecule has 26 heavy (non-hydrogen) atoms. The highest BCUT2D eigenvalue weighted by molar-refractivity contribution is 6.12. The maximum atomic E-state index is 12.7. The van der Waals surface area contributed by atoms with Crippen LogP contribution in [0.1, 0.15) is 22.8 Å². The molecule has 0 atom stereocenters. The van der Waals surface area contributed by atoms with Crippen LogP contribution in [0.4, 0.5) is 11.4 Å². The fraction of sp³-hybridized carbons (Fsp3) is 0.150. The quantitative estimate of drug-likeness (QED) is 0.748. The van der Waals surface area contributed by atoms with Crippen LogP contribution in [-0.2, 0) is 11.2 Å². The van der Waals surface area contributed by atoms with Crippen LogP contribution < -0.4 is 15.8 Å². The SMILES string of the molecule is CC(=O)N1CCc2cc(NC(=O)c3cc(=O)[nH]c4ccccc34)ccc21. The Kier molecular flexibility index (Phi) is 3.80. The van der Waals surface area contributed by atoms with Gasteiger partial charge in [-0.3, -0.25) is 14.4 Å². The molecular formula is C20H17N3O3. The molecule has 0 fully saturated rings. The summed E-state index contributed by atoms with van der Waals surface area (Å²) in [7, 11) is 0. The number of aromatic amines is 1. The number of carbonyl (C=O) groups is 2.